The Kier molecular flexibility index (Phi) is 4.50. The monoisotopic (exact) mass is 277 g/mol. The minimum absolute atomic E-state index is 0.223. The van der Waals surface area contributed by atoms with Crippen LogP contribution in [0.25, 0.3) is 6.08 Å². The van der Waals surface area contributed by atoms with E-state index in [0.717, 1.165) is 0 Å². The first kappa shape index (κ1) is 14.2. The second-order valence-corrected chi connectivity index (χ2v) is 4.65. The van der Waals surface area contributed by atoms with Gasteiger partial charge in [0.2, 0.25) is 5.91 Å². The van der Waals surface area contributed by atoms with E-state index in [2.05, 4.69) is 4.74 Å². The van der Waals surface area contributed by atoms with E-state index in [0.29, 0.717) is 25.1 Å². The third kappa shape index (κ3) is 3.23. The van der Waals surface area contributed by atoms with Crippen molar-refractivity contribution < 1.29 is 18.7 Å². The summed E-state index contributed by atoms with van der Waals surface area (Å²) in [5.74, 6) is -1.14. The molecule has 2 rings (SSSR count). The number of halogens is 1. The molecular weight excluding hydrogens is 261 g/mol. The van der Waals surface area contributed by atoms with Gasteiger partial charge >= 0.3 is 5.97 Å². The molecule has 0 N–H and O–H groups in total. The molecule has 1 saturated heterocycles. The highest BCUT2D eigenvalue weighted by Crippen LogP contribution is 2.18. The Hall–Kier alpha value is -2.17. The van der Waals surface area contributed by atoms with Crippen LogP contribution >= 0.6 is 0 Å². The summed E-state index contributed by atoms with van der Waals surface area (Å²) in [4.78, 5) is 24.9. The molecule has 4 nitrogen and oxygen atoms in total. The van der Waals surface area contributed by atoms with Crippen molar-refractivity contribution in [1.82, 2.24) is 4.90 Å². The Morgan fingerprint density at radius 1 is 1.40 bits per heavy atom. The van der Waals surface area contributed by atoms with Crippen LogP contribution < -0.4 is 0 Å². The third-order valence-corrected chi connectivity index (χ3v) is 3.35. The molecule has 1 heterocycles. The molecule has 1 amide bonds. The summed E-state index contributed by atoms with van der Waals surface area (Å²) in [6.45, 7) is 0.868. The van der Waals surface area contributed by atoms with Gasteiger partial charge in [0, 0.05) is 24.7 Å². The van der Waals surface area contributed by atoms with Gasteiger partial charge in [0.1, 0.15) is 5.82 Å². The van der Waals surface area contributed by atoms with Crippen LogP contribution in [-0.4, -0.2) is 37.0 Å². The number of ether oxygens (including phenoxy) is 1. The van der Waals surface area contributed by atoms with Crippen molar-refractivity contribution in [2.75, 3.05) is 20.2 Å². The summed E-state index contributed by atoms with van der Waals surface area (Å²) < 4.78 is 18.1. The second-order valence-electron chi connectivity index (χ2n) is 4.65. The zero-order valence-electron chi connectivity index (χ0n) is 11.2. The highest BCUT2D eigenvalue weighted by molar-refractivity contribution is 5.92. The van der Waals surface area contributed by atoms with Gasteiger partial charge in [-0.25, -0.2) is 4.39 Å². The first-order valence-corrected chi connectivity index (χ1v) is 6.41. The van der Waals surface area contributed by atoms with Gasteiger partial charge in [-0.3, -0.25) is 9.59 Å². The molecule has 1 aliphatic rings. The molecule has 1 aliphatic heterocycles. The summed E-state index contributed by atoms with van der Waals surface area (Å²) in [5, 5.41) is 0. The van der Waals surface area contributed by atoms with E-state index >= 15 is 0 Å². The van der Waals surface area contributed by atoms with Crippen LogP contribution in [0.1, 0.15) is 12.0 Å². The van der Waals surface area contributed by atoms with Gasteiger partial charge in [-0.1, -0.05) is 18.2 Å². The van der Waals surface area contributed by atoms with E-state index in [4.69, 9.17) is 0 Å². The third-order valence-electron chi connectivity index (χ3n) is 3.35. The molecular formula is C15H16FNO3. The lowest BCUT2D eigenvalue weighted by molar-refractivity contribution is -0.145. The van der Waals surface area contributed by atoms with Crippen molar-refractivity contribution in [3.63, 3.8) is 0 Å². The Balaban J connectivity index is 1.96. The number of esters is 1. The smallest absolute Gasteiger partial charge is 0.310 e. The van der Waals surface area contributed by atoms with Gasteiger partial charge in [-0.15, -0.1) is 0 Å². The standard InChI is InChI=1S/C15H16FNO3/c1-20-15(19)12-8-9-17(10-12)14(18)7-6-11-4-2-3-5-13(11)16/h2-7,12H,8-10H2,1H3/b7-6+. The molecule has 0 aromatic heterocycles. The molecule has 20 heavy (non-hydrogen) atoms. The summed E-state index contributed by atoms with van der Waals surface area (Å²) in [6.07, 6.45) is 3.38. The molecule has 1 aromatic carbocycles. The fourth-order valence-electron chi connectivity index (χ4n) is 2.20. The molecule has 1 fully saturated rings. The Labute approximate surface area is 116 Å². The van der Waals surface area contributed by atoms with Crippen LogP contribution in [0, 0.1) is 11.7 Å². The highest BCUT2D eigenvalue weighted by Gasteiger charge is 2.30. The average molecular weight is 277 g/mol. The fourth-order valence-corrected chi connectivity index (χ4v) is 2.20. The summed E-state index contributed by atoms with van der Waals surface area (Å²) in [5.41, 5.74) is 0.365. The summed E-state index contributed by atoms with van der Waals surface area (Å²) >= 11 is 0. The Bertz CT molecular complexity index is 542. The predicted octanol–water partition coefficient (Wildman–Crippen LogP) is 1.86. The number of rotatable bonds is 3. The number of nitrogens with zero attached hydrogens (tertiary/aromatic N) is 1. The number of benzene rings is 1. The topological polar surface area (TPSA) is 46.6 Å². The van der Waals surface area contributed by atoms with Gasteiger partial charge in [-0.2, -0.15) is 0 Å². The van der Waals surface area contributed by atoms with Gasteiger partial charge in [0.15, 0.2) is 0 Å². The van der Waals surface area contributed by atoms with Gasteiger partial charge < -0.3 is 9.64 Å². The Morgan fingerprint density at radius 2 is 2.15 bits per heavy atom. The van der Waals surface area contributed by atoms with Crippen molar-refractivity contribution >= 4 is 18.0 Å². The lowest BCUT2D eigenvalue weighted by atomic mass is 10.1. The number of methoxy groups -OCH3 is 1. The maximum Gasteiger partial charge on any atom is 0.310 e. The van der Waals surface area contributed by atoms with Crippen LogP contribution in [-0.2, 0) is 14.3 Å². The largest absolute Gasteiger partial charge is 0.469 e. The van der Waals surface area contributed by atoms with Gasteiger partial charge in [0.05, 0.1) is 13.0 Å². The number of carbonyl (C=O) groups excluding carboxylic acids is 2. The van der Waals surface area contributed by atoms with E-state index in [-0.39, 0.29) is 23.6 Å². The maximum atomic E-state index is 13.4. The fraction of sp³-hybridized carbons (Fsp3) is 0.333. The number of hydrogen-bond donors (Lipinski definition) is 0. The second kappa shape index (κ2) is 6.32. The first-order valence-electron chi connectivity index (χ1n) is 6.41. The minimum Gasteiger partial charge on any atom is -0.469 e. The SMILES string of the molecule is COC(=O)C1CCN(C(=O)/C=C/c2ccccc2F)C1. The van der Waals surface area contributed by atoms with Crippen molar-refractivity contribution in [2.45, 2.75) is 6.42 Å². The van der Waals surface area contributed by atoms with Crippen molar-refractivity contribution in [2.24, 2.45) is 5.92 Å². The van der Waals surface area contributed by atoms with E-state index in [9.17, 15) is 14.0 Å². The molecule has 1 atom stereocenters. The van der Waals surface area contributed by atoms with E-state index in [1.165, 1.54) is 25.3 Å². The summed E-state index contributed by atoms with van der Waals surface area (Å²) in [6, 6.07) is 6.24. The molecule has 5 heteroatoms. The van der Waals surface area contributed by atoms with Gasteiger partial charge in [-0.05, 0) is 18.6 Å². The van der Waals surface area contributed by atoms with E-state index < -0.39 is 0 Å². The van der Waals surface area contributed by atoms with Crippen molar-refractivity contribution in [3.8, 4) is 0 Å². The van der Waals surface area contributed by atoms with Crippen molar-refractivity contribution in [3.05, 3.63) is 41.7 Å². The molecule has 1 aromatic rings. The van der Waals surface area contributed by atoms with E-state index in [1.807, 2.05) is 0 Å². The van der Waals surface area contributed by atoms with Gasteiger partial charge in [0.25, 0.3) is 0 Å². The minimum atomic E-state index is -0.370. The number of amides is 1. The summed E-state index contributed by atoms with van der Waals surface area (Å²) in [7, 11) is 1.34. The van der Waals surface area contributed by atoms with Crippen LogP contribution in [0.3, 0.4) is 0 Å². The lowest BCUT2D eigenvalue weighted by Gasteiger charge is -2.13. The van der Waals surface area contributed by atoms with Crippen LogP contribution in [0.5, 0.6) is 0 Å². The molecule has 0 saturated carbocycles. The molecule has 0 spiro atoms. The van der Waals surface area contributed by atoms with Crippen LogP contribution in [0.4, 0.5) is 4.39 Å². The molecule has 0 radical (unpaired) electrons. The van der Waals surface area contributed by atoms with E-state index in [1.54, 1.807) is 23.1 Å². The molecule has 1 unspecified atom stereocenters. The average Bonchev–Trinajstić information content (AvgIpc) is 2.95. The lowest BCUT2D eigenvalue weighted by Crippen LogP contribution is -2.28. The highest BCUT2D eigenvalue weighted by atomic mass is 19.1. The maximum absolute atomic E-state index is 13.4. The van der Waals surface area contributed by atoms with Crippen LogP contribution in [0.15, 0.2) is 30.3 Å². The van der Waals surface area contributed by atoms with Crippen LogP contribution in [0.2, 0.25) is 0 Å². The quantitative estimate of drug-likeness (QED) is 0.626. The Morgan fingerprint density at radius 3 is 2.85 bits per heavy atom. The molecule has 106 valence electrons. The zero-order valence-corrected chi connectivity index (χ0v) is 11.2. The number of hydrogen-bond acceptors (Lipinski definition) is 3. The molecule has 0 aliphatic carbocycles. The first-order chi connectivity index (χ1) is 9.61. The predicted molar refractivity (Wildman–Crippen MR) is 72.1 cm³/mol. The molecule has 0 bridgehead atoms. The number of carbonyl (C=O) groups is 2. The normalized spacial score (nSPS) is 18.5. The zero-order chi connectivity index (χ0) is 14.5. The van der Waals surface area contributed by atoms with Crippen molar-refractivity contribution in [1.29, 1.82) is 0 Å². The number of likely N-dealkylation sites (tertiary alicyclic amines) is 1.